The first-order valence-corrected chi connectivity index (χ1v) is 11.6. The molecular formula is C21H15F6N5O4S. The van der Waals surface area contributed by atoms with Gasteiger partial charge in [0.2, 0.25) is 5.88 Å². The van der Waals surface area contributed by atoms with Gasteiger partial charge in [-0.3, -0.25) is 9.82 Å². The zero-order valence-electron chi connectivity index (χ0n) is 18.5. The van der Waals surface area contributed by atoms with E-state index in [-0.39, 0.29) is 22.5 Å². The first kappa shape index (κ1) is 26.0. The number of nitrogens with one attached hydrogen (secondary N) is 2. The molecule has 0 bridgehead atoms. The van der Waals surface area contributed by atoms with Crippen LogP contribution in [0.4, 0.5) is 32.0 Å². The summed E-state index contributed by atoms with van der Waals surface area (Å²) in [4.78, 5) is 6.64. The number of fused-ring (bicyclic) bond motifs is 1. The zero-order chi connectivity index (χ0) is 27.0. The first-order valence-electron chi connectivity index (χ1n) is 10.1. The number of hydrogen-bond donors (Lipinski definition) is 2. The molecule has 196 valence electrons. The molecule has 1 aromatic carbocycles. The number of ether oxygens (including phenoxy) is 2. The normalized spacial score (nSPS) is 12.1. The Bertz CT molecular complexity index is 1580. The van der Waals surface area contributed by atoms with Crippen LogP contribution in [0.25, 0.3) is 11.0 Å². The largest absolute Gasteiger partial charge is 0.487 e. The van der Waals surface area contributed by atoms with Crippen LogP contribution in [0, 0.1) is 17.5 Å². The van der Waals surface area contributed by atoms with Crippen LogP contribution < -0.4 is 14.2 Å². The molecular weight excluding hydrogens is 532 g/mol. The van der Waals surface area contributed by atoms with Crippen molar-refractivity contribution in [2.24, 2.45) is 0 Å². The van der Waals surface area contributed by atoms with Crippen molar-refractivity contribution in [2.75, 3.05) is 11.8 Å². The van der Waals surface area contributed by atoms with Gasteiger partial charge < -0.3 is 9.47 Å². The Kier molecular flexibility index (Phi) is 6.86. The molecule has 0 spiro atoms. The number of aromatic nitrogens is 4. The van der Waals surface area contributed by atoms with E-state index in [4.69, 9.17) is 9.47 Å². The van der Waals surface area contributed by atoms with Crippen LogP contribution in [-0.2, 0) is 23.1 Å². The summed E-state index contributed by atoms with van der Waals surface area (Å²) in [5, 5.41) is 5.91. The van der Waals surface area contributed by atoms with Gasteiger partial charge in [0.25, 0.3) is 10.0 Å². The number of aromatic amines is 1. The molecule has 0 radical (unpaired) electrons. The van der Waals surface area contributed by atoms with Gasteiger partial charge in [0, 0.05) is 11.5 Å². The molecule has 16 heteroatoms. The third kappa shape index (κ3) is 5.68. The molecule has 37 heavy (non-hydrogen) atoms. The standard InChI is InChI=1S/C21H15F6N5O4S/c1-35-20-17(4-10(22)7-29-20)37(33,34)32-15-3-2-14(23)13(18(15)24)9-36-11-5-12-16(6-21(25,26)27)30-31-19(12)28-8-11/h2-5,7-8,32H,6,9H2,1H3,(H,28,30,31). The lowest BCUT2D eigenvalue weighted by Crippen LogP contribution is -2.17. The van der Waals surface area contributed by atoms with E-state index in [2.05, 4.69) is 20.2 Å². The number of methoxy groups -OCH3 is 1. The Morgan fingerprint density at radius 3 is 2.54 bits per heavy atom. The molecule has 2 N–H and O–H groups in total. The second-order valence-electron chi connectivity index (χ2n) is 7.47. The van der Waals surface area contributed by atoms with Crippen molar-refractivity contribution < 1.29 is 44.2 Å². The van der Waals surface area contributed by atoms with Gasteiger partial charge in [-0.25, -0.2) is 31.6 Å². The van der Waals surface area contributed by atoms with Gasteiger partial charge in [-0.2, -0.15) is 18.3 Å². The molecule has 4 rings (SSSR count). The quantitative estimate of drug-likeness (QED) is 0.317. The van der Waals surface area contributed by atoms with Crippen molar-refractivity contribution in [3.63, 3.8) is 0 Å². The van der Waals surface area contributed by atoms with E-state index in [0.29, 0.717) is 12.3 Å². The molecule has 0 amide bonds. The maximum Gasteiger partial charge on any atom is 0.394 e. The minimum atomic E-state index is -4.63. The number of sulfonamides is 1. The van der Waals surface area contributed by atoms with Crippen molar-refractivity contribution in [1.82, 2.24) is 20.2 Å². The number of halogens is 6. The highest BCUT2D eigenvalue weighted by Gasteiger charge is 2.30. The van der Waals surface area contributed by atoms with E-state index >= 15 is 4.39 Å². The van der Waals surface area contributed by atoms with Crippen molar-refractivity contribution >= 4 is 26.7 Å². The minimum Gasteiger partial charge on any atom is -0.487 e. The maximum absolute atomic E-state index is 15.1. The highest BCUT2D eigenvalue weighted by molar-refractivity contribution is 7.92. The summed E-state index contributed by atoms with van der Waals surface area (Å²) in [5.74, 6) is -4.04. The molecule has 0 aliphatic rings. The first-order chi connectivity index (χ1) is 17.4. The van der Waals surface area contributed by atoms with Gasteiger partial charge in [-0.15, -0.1) is 0 Å². The number of pyridine rings is 2. The summed E-state index contributed by atoms with van der Waals surface area (Å²) in [6.07, 6.45) is -4.06. The summed E-state index contributed by atoms with van der Waals surface area (Å²) in [6.45, 7) is -0.780. The summed E-state index contributed by atoms with van der Waals surface area (Å²) in [6, 6.07) is 3.33. The molecule has 9 nitrogen and oxygen atoms in total. The fourth-order valence-corrected chi connectivity index (χ4v) is 4.45. The van der Waals surface area contributed by atoms with Crippen LogP contribution in [0.5, 0.6) is 11.6 Å². The summed E-state index contributed by atoms with van der Waals surface area (Å²) >= 11 is 0. The summed E-state index contributed by atoms with van der Waals surface area (Å²) in [7, 11) is -3.54. The van der Waals surface area contributed by atoms with Crippen LogP contribution in [0.15, 0.2) is 41.6 Å². The van der Waals surface area contributed by atoms with Gasteiger partial charge in [0.05, 0.1) is 42.9 Å². The molecule has 0 fully saturated rings. The SMILES string of the molecule is COc1ncc(F)cc1S(=O)(=O)Nc1ccc(F)c(COc2cnc3[nH]nc(CC(F)(F)F)c3c2)c1F. The Morgan fingerprint density at radius 1 is 1.08 bits per heavy atom. The lowest BCUT2D eigenvalue weighted by Gasteiger charge is -2.14. The number of rotatable bonds is 8. The number of alkyl halides is 3. The van der Waals surface area contributed by atoms with Crippen LogP contribution in [0.2, 0.25) is 0 Å². The number of H-pyrrole nitrogens is 1. The maximum atomic E-state index is 15.1. The molecule has 0 atom stereocenters. The predicted molar refractivity (Wildman–Crippen MR) is 116 cm³/mol. The Morgan fingerprint density at radius 2 is 1.84 bits per heavy atom. The monoisotopic (exact) mass is 547 g/mol. The second-order valence-corrected chi connectivity index (χ2v) is 9.12. The van der Waals surface area contributed by atoms with Crippen LogP contribution >= 0.6 is 0 Å². The van der Waals surface area contributed by atoms with Crippen molar-refractivity contribution in [1.29, 1.82) is 0 Å². The van der Waals surface area contributed by atoms with Crippen LogP contribution in [0.1, 0.15) is 11.3 Å². The topological polar surface area (TPSA) is 119 Å². The highest BCUT2D eigenvalue weighted by atomic mass is 32.2. The fraction of sp³-hybridized carbons (Fsp3) is 0.190. The third-order valence-electron chi connectivity index (χ3n) is 4.92. The van der Waals surface area contributed by atoms with Crippen molar-refractivity contribution in [3.8, 4) is 11.6 Å². The molecule has 0 aliphatic heterocycles. The Balaban J connectivity index is 1.59. The van der Waals surface area contributed by atoms with E-state index in [1.807, 2.05) is 4.72 Å². The third-order valence-corrected chi connectivity index (χ3v) is 6.28. The number of hydrogen-bond acceptors (Lipinski definition) is 7. The molecule has 3 heterocycles. The van der Waals surface area contributed by atoms with Gasteiger partial charge in [-0.05, 0) is 18.2 Å². The highest BCUT2D eigenvalue weighted by Crippen LogP contribution is 2.30. The Labute approximate surface area is 204 Å². The minimum absolute atomic E-state index is 0.00469. The van der Waals surface area contributed by atoms with Crippen molar-refractivity contribution in [3.05, 3.63) is 65.4 Å². The van der Waals surface area contributed by atoms with E-state index < -0.39 is 68.7 Å². The lowest BCUT2D eigenvalue weighted by molar-refractivity contribution is -0.127. The van der Waals surface area contributed by atoms with E-state index in [1.54, 1.807) is 0 Å². The van der Waals surface area contributed by atoms with Gasteiger partial charge in [-0.1, -0.05) is 0 Å². The van der Waals surface area contributed by atoms with Gasteiger partial charge >= 0.3 is 6.18 Å². The predicted octanol–water partition coefficient (Wildman–Crippen LogP) is 4.26. The smallest absolute Gasteiger partial charge is 0.394 e. The number of benzene rings is 1. The lowest BCUT2D eigenvalue weighted by atomic mass is 10.2. The van der Waals surface area contributed by atoms with Crippen molar-refractivity contribution in [2.45, 2.75) is 24.1 Å². The van der Waals surface area contributed by atoms with E-state index in [0.717, 1.165) is 25.4 Å². The zero-order valence-corrected chi connectivity index (χ0v) is 19.3. The molecule has 0 saturated heterocycles. The summed E-state index contributed by atoms with van der Waals surface area (Å²) < 4.78 is 119. The summed E-state index contributed by atoms with van der Waals surface area (Å²) in [5.41, 5.74) is -1.70. The second kappa shape index (κ2) is 9.76. The van der Waals surface area contributed by atoms with Gasteiger partial charge in [0.15, 0.2) is 16.4 Å². The number of nitrogens with zero attached hydrogens (tertiary/aromatic N) is 3. The average Bonchev–Trinajstić information content (AvgIpc) is 3.21. The fourth-order valence-electron chi connectivity index (χ4n) is 3.26. The molecule has 0 unspecified atom stereocenters. The molecule has 3 aromatic heterocycles. The van der Waals surface area contributed by atoms with E-state index in [1.165, 1.54) is 6.07 Å². The van der Waals surface area contributed by atoms with Crippen LogP contribution in [0.3, 0.4) is 0 Å². The van der Waals surface area contributed by atoms with E-state index in [9.17, 15) is 30.4 Å². The average molecular weight is 547 g/mol. The Hall–Kier alpha value is -4.08. The molecule has 0 saturated carbocycles. The van der Waals surface area contributed by atoms with Crippen LogP contribution in [-0.4, -0.2) is 41.9 Å². The van der Waals surface area contributed by atoms with Gasteiger partial charge in [0.1, 0.15) is 24.0 Å². The molecule has 4 aromatic rings. The number of anilines is 1. The molecule has 0 aliphatic carbocycles.